The Morgan fingerprint density at radius 1 is 0.980 bits per heavy atom. The first-order chi connectivity index (χ1) is 23.2. The highest BCUT2D eigenvalue weighted by atomic mass is 32.1. The maximum atomic E-state index is 14.3. The molecular weight excluding hydrogens is 664 g/mol. The highest BCUT2D eigenvalue weighted by molar-refractivity contribution is 7.10. The fourth-order valence-corrected chi connectivity index (χ4v) is 6.64. The molecule has 9 nitrogen and oxygen atoms in total. The van der Waals surface area contributed by atoms with Gasteiger partial charge in [0.15, 0.2) is 0 Å². The molecule has 3 amide bonds. The van der Waals surface area contributed by atoms with Crippen molar-refractivity contribution in [2.75, 3.05) is 11.9 Å². The molecule has 0 radical (unpaired) electrons. The van der Waals surface area contributed by atoms with Crippen LogP contribution < -0.4 is 21.3 Å². The van der Waals surface area contributed by atoms with Gasteiger partial charge in [-0.3, -0.25) is 14.4 Å². The van der Waals surface area contributed by atoms with Gasteiger partial charge in [-0.1, -0.05) is 32.0 Å². The van der Waals surface area contributed by atoms with Crippen LogP contribution in [0.2, 0.25) is 0 Å². The Balaban J connectivity index is 1.49. The Hall–Kier alpha value is -4.46. The van der Waals surface area contributed by atoms with E-state index in [2.05, 4.69) is 21.3 Å². The lowest BCUT2D eigenvalue weighted by Gasteiger charge is -2.40. The summed E-state index contributed by atoms with van der Waals surface area (Å²) in [6.45, 7) is 5.24. The third-order valence-electron chi connectivity index (χ3n) is 8.54. The number of hydrogen-bond donors (Lipinski definition) is 5. The summed E-state index contributed by atoms with van der Waals surface area (Å²) in [7, 11) is 0. The Bertz CT molecular complexity index is 1660. The molecule has 0 saturated carbocycles. The van der Waals surface area contributed by atoms with Crippen molar-refractivity contribution in [3.8, 4) is 0 Å². The van der Waals surface area contributed by atoms with E-state index in [0.29, 0.717) is 31.4 Å². The van der Waals surface area contributed by atoms with Crippen molar-refractivity contribution in [1.82, 2.24) is 16.0 Å². The first kappa shape index (κ1) is 37.4. The van der Waals surface area contributed by atoms with Crippen molar-refractivity contribution < 1.29 is 41.8 Å². The first-order valence-corrected chi connectivity index (χ1v) is 16.8. The molecule has 2 heterocycles. The number of carbonyl (C=O) groups is 4. The molecule has 264 valence electrons. The number of fused-ring (bicyclic) bond motifs is 1. The number of aromatic carboxylic acids is 1. The molecule has 0 bridgehead atoms. The van der Waals surface area contributed by atoms with E-state index in [1.165, 1.54) is 0 Å². The monoisotopic (exact) mass is 704 g/mol. The smallest absolute Gasteiger partial charge is 0.335 e. The third-order valence-corrected chi connectivity index (χ3v) is 9.43. The second-order valence-corrected chi connectivity index (χ2v) is 13.8. The van der Waals surface area contributed by atoms with Gasteiger partial charge in [-0.2, -0.15) is 0 Å². The minimum Gasteiger partial charge on any atom is -0.478 e. The summed E-state index contributed by atoms with van der Waals surface area (Å²) < 4.78 is 55.9. The van der Waals surface area contributed by atoms with Gasteiger partial charge in [-0.15, -0.1) is 11.3 Å². The summed E-state index contributed by atoms with van der Waals surface area (Å²) in [4.78, 5) is 52.9. The maximum Gasteiger partial charge on any atom is 0.335 e. The Labute approximate surface area is 285 Å². The van der Waals surface area contributed by atoms with Crippen molar-refractivity contribution in [2.24, 2.45) is 5.92 Å². The number of rotatable bonds is 15. The third kappa shape index (κ3) is 9.58. The van der Waals surface area contributed by atoms with Gasteiger partial charge < -0.3 is 26.4 Å². The molecule has 2 aromatic carbocycles. The number of aryl methyl sites for hydroxylation is 2. The zero-order valence-electron chi connectivity index (χ0n) is 27.4. The van der Waals surface area contributed by atoms with E-state index in [-0.39, 0.29) is 12.3 Å². The zero-order chi connectivity index (χ0) is 35.9. The van der Waals surface area contributed by atoms with Gasteiger partial charge in [-0.25, -0.2) is 22.4 Å². The zero-order valence-corrected chi connectivity index (χ0v) is 28.2. The van der Waals surface area contributed by atoms with Crippen LogP contribution in [0.25, 0.3) is 0 Å². The molecule has 0 saturated heterocycles. The summed E-state index contributed by atoms with van der Waals surface area (Å²) in [5.41, 5.74) is 0.610. The average Bonchev–Trinajstić information content (AvgIpc) is 3.44. The Morgan fingerprint density at radius 2 is 1.65 bits per heavy atom. The number of carbonyl (C=O) groups excluding carboxylic acids is 3. The molecule has 3 aromatic rings. The number of amides is 3. The highest BCUT2D eigenvalue weighted by Crippen LogP contribution is 2.35. The predicted molar refractivity (Wildman–Crippen MR) is 178 cm³/mol. The van der Waals surface area contributed by atoms with Crippen LogP contribution in [0.3, 0.4) is 0 Å². The maximum absolute atomic E-state index is 14.3. The minimum atomic E-state index is -2.99. The standard InChI is InChI=1S/C35H40F4N4O5S/c1-19(2)14-28(42-34(48)35(18-22-10-13-49-20(22)3)11-8-21-6-4-5-7-27(21)43-35)32(45)41-29(17-30(38)39)31(44)40-12-9-24-25(36)15-23(33(46)47)16-26(24)37/h4-7,10,13,15-16,19,28-30,43H,8-9,11-12,14,17-18H2,1-3H3,(H,40,44)(H,41,45)(H,42,48)(H,46,47)/t28-,29-,35?/m0/s1. The molecule has 1 aliphatic heterocycles. The Morgan fingerprint density at radius 3 is 2.27 bits per heavy atom. The normalized spacial score (nSPS) is 16.8. The first-order valence-electron chi connectivity index (χ1n) is 16.0. The number of para-hydroxylation sites is 1. The van der Waals surface area contributed by atoms with Gasteiger partial charge in [0.05, 0.1) is 5.56 Å². The molecular formula is C35H40F4N4O5S. The van der Waals surface area contributed by atoms with Crippen LogP contribution in [0.15, 0.2) is 47.8 Å². The molecule has 1 aliphatic rings. The summed E-state index contributed by atoms with van der Waals surface area (Å²) in [5, 5.41) is 21.9. The SMILES string of the molecule is Cc1sccc1CC1(C(=O)N[C@@H](CC(C)C)C(=O)N[C@@H](CC(F)F)C(=O)NCCc2c(F)cc(C(=O)O)cc2F)CCc2ccccc2N1. The van der Waals surface area contributed by atoms with Crippen LogP contribution in [0.4, 0.5) is 23.2 Å². The average molecular weight is 705 g/mol. The molecule has 5 N–H and O–H groups in total. The number of alkyl halides is 2. The molecule has 4 rings (SSSR count). The number of carboxylic acids is 1. The fourth-order valence-electron chi connectivity index (χ4n) is 5.91. The van der Waals surface area contributed by atoms with E-state index in [1.807, 2.05) is 56.5 Å². The molecule has 0 fully saturated rings. The summed E-state index contributed by atoms with van der Waals surface area (Å²) in [6, 6.07) is 7.99. The number of hydrogen-bond acceptors (Lipinski definition) is 6. The van der Waals surface area contributed by atoms with Crippen molar-refractivity contribution >= 4 is 40.7 Å². The van der Waals surface area contributed by atoms with Crippen molar-refractivity contribution in [3.63, 3.8) is 0 Å². The molecule has 1 aromatic heterocycles. The van der Waals surface area contributed by atoms with E-state index in [1.54, 1.807) is 11.3 Å². The predicted octanol–water partition coefficient (Wildman–Crippen LogP) is 5.40. The second-order valence-electron chi connectivity index (χ2n) is 12.7. The largest absolute Gasteiger partial charge is 0.478 e. The number of benzene rings is 2. The van der Waals surface area contributed by atoms with Crippen molar-refractivity contribution in [2.45, 2.75) is 83.3 Å². The number of thiophene rings is 1. The summed E-state index contributed by atoms with van der Waals surface area (Å²) in [5.74, 6) is -6.20. The summed E-state index contributed by atoms with van der Waals surface area (Å²) in [6.07, 6.45) is -2.92. The van der Waals surface area contributed by atoms with Gasteiger partial charge in [0.25, 0.3) is 0 Å². The highest BCUT2D eigenvalue weighted by Gasteiger charge is 2.43. The van der Waals surface area contributed by atoms with Crippen molar-refractivity contribution in [3.05, 3.63) is 86.6 Å². The quantitative estimate of drug-likeness (QED) is 0.135. The minimum absolute atomic E-state index is 0.106. The number of carboxylic acid groups (broad SMARTS) is 1. The van der Waals surface area contributed by atoms with E-state index in [0.717, 1.165) is 21.7 Å². The lowest BCUT2D eigenvalue weighted by atomic mass is 9.80. The topological polar surface area (TPSA) is 137 Å². The van der Waals surface area contributed by atoms with E-state index >= 15 is 0 Å². The van der Waals surface area contributed by atoms with Crippen LogP contribution in [-0.4, -0.2) is 59.4 Å². The molecule has 14 heteroatoms. The van der Waals surface area contributed by atoms with Gasteiger partial charge in [0.1, 0.15) is 29.3 Å². The number of nitrogens with one attached hydrogen (secondary N) is 4. The van der Waals surface area contributed by atoms with Crippen LogP contribution in [0.5, 0.6) is 0 Å². The van der Waals surface area contributed by atoms with Crippen LogP contribution in [-0.2, 0) is 33.6 Å². The fraction of sp³-hybridized carbons (Fsp3) is 0.429. The molecule has 49 heavy (non-hydrogen) atoms. The molecule has 1 unspecified atom stereocenters. The second kappa shape index (κ2) is 16.3. The van der Waals surface area contributed by atoms with Gasteiger partial charge in [0, 0.05) is 35.5 Å². The number of halogens is 4. The van der Waals surface area contributed by atoms with Crippen molar-refractivity contribution in [1.29, 1.82) is 0 Å². The number of anilines is 1. The van der Waals surface area contributed by atoms with Gasteiger partial charge >= 0.3 is 5.97 Å². The summed E-state index contributed by atoms with van der Waals surface area (Å²) >= 11 is 1.56. The molecule has 0 aliphatic carbocycles. The van der Waals surface area contributed by atoms with E-state index in [4.69, 9.17) is 5.11 Å². The van der Waals surface area contributed by atoms with Crippen LogP contribution in [0, 0.1) is 24.5 Å². The molecule has 0 spiro atoms. The molecule has 3 atom stereocenters. The lowest BCUT2D eigenvalue weighted by molar-refractivity contribution is -0.134. The van der Waals surface area contributed by atoms with E-state index < -0.39 is 89.9 Å². The Kier molecular flexibility index (Phi) is 12.4. The van der Waals surface area contributed by atoms with Gasteiger partial charge in [-0.05, 0) is 79.3 Å². The van der Waals surface area contributed by atoms with Gasteiger partial charge in [0.2, 0.25) is 24.1 Å². The van der Waals surface area contributed by atoms with Crippen LogP contribution in [0.1, 0.15) is 65.0 Å². The van der Waals surface area contributed by atoms with Crippen LogP contribution >= 0.6 is 11.3 Å². The lowest BCUT2D eigenvalue weighted by Crippen LogP contribution is -2.61. The van der Waals surface area contributed by atoms with E-state index in [9.17, 15) is 36.7 Å².